The molecule has 0 heterocycles. The summed E-state index contributed by atoms with van der Waals surface area (Å²) in [6.45, 7) is 1.49. The van der Waals surface area contributed by atoms with Gasteiger partial charge in [-0.3, -0.25) is 4.79 Å². The summed E-state index contributed by atoms with van der Waals surface area (Å²) in [5.41, 5.74) is 1.04. The fourth-order valence-corrected chi connectivity index (χ4v) is 2.52. The largest absolute Gasteiger partial charge is 0.369 e. The average Bonchev–Trinajstić information content (AvgIpc) is 2.29. The van der Waals surface area contributed by atoms with Gasteiger partial charge in [0, 0.05) is 35.4 Å². The molecule has 0 amide bonds. The van der Waals surface area contributed by atoms with Crippen molar-refractivity contribution < 1.29 is 4.79 Å². The first-order valence-corrected chi connectivity index (χ1v) is 7.28. The molecular weight excluding hydrogens is 301 g/mol. The molecule has 0 atom stereocenters. The molecule has 0 radical (unpaired) electrons. The molecule has 1 aromatic carbocycles. The van der Waals surface area contributed by atoms with E-state index in [0.29, 0.717) is 11.8 Å². The van der Waals surface area contributed by atoms with Crippen molar-refractivity contribution >= 4 is 56.8 Å². The second-order valence-electron chi connectivity index (χ2n) is 3.20. The molecule has 1 rings (SSSR count). The zero-order valence-electron chi connectivity index (χ0n) is 9.04. The standard InChI is InChI=1S/C11H12Cl3NOS/c12-5-7-15(8-6-13)9-1-3-10(4-2-9)17-11(14)16/h1-4H,5-8H2. The first-order valence-electron chi connectivity index (χ1n) is 5.01. The van der Waals surface area contributed by atoms with Gasteiger partial charge in [-0.25, -0.2) is 0 Å². The van der Waals surface area contributed by atoms with Gasteiger partial charge in [-0.1, -0.05) is 0 Å². The molecule has 0 saturated carbocycles. The topological polar surface area (TPSA) is 20.3 Å². The van der Waals surface area contributed by atoms with E-state index in [9.17, 15) is 4.79 Å². The number of thioether (sulfide) groups is 1. The van der Waals surface area contributed by atoms with Crippen LogP contribution in [0.3, 0.4) is 0 Å². The molecule has 0 aromatic heterocycles. The lowest BCUT2D eigenvalue weighted by Crippen LogP contribution is -2.27. The van der Waals surface area contributed by atoms with E-state index in [1.807, 2.05) is 24.3 Å². The molecular formula is C11H12Cl3NOS. The van der Waals surface area contributed by atoms with Crippen LogP contribution >= 0.6 is 46.6 Å². The van der Waals surface area contributed by atoms with E-state index in [1.54, 1.807) is 0 Å². The van der Waals surface area contributed by atoms with Crippen molar-refractivity contribution in [3.63, 3.8) is 0 Å². The van der Waals surface area contributed by atoms with Crippen LogP contribution in [0.4, 0.5) is 10.5 Å². The maximum atomic E-state index is 10.7. The number of carbonyl (C=O) groups excluding carboxylic acids is 1. The van der Waals surface area contributed by atoms with E-state index in [0.717, 1.165) is 35.4 Å². The Bertz CT molecular complexity index is 352. The second kappa shape index (κ2) is 8.09. The number of benzene rings is 1. The highest BCUT2D eigenvalue weighted by Gasteiger charge is 2.06. The summed E-state index contributed by atoms with van der Waals surface area (Å²) in [5.74, 6) is 1.10. The van der Waals surface area contributed by atoms with Gasteiger partial charge < -0.3 is 4.90 Å². The molecule has 0 saturated heterocycles. The lowest BCUT2D eigenvalue weighted by Gasteiger charge is -2.22. The number of carbonyl (C=O) groups is 1. The summed E-state index contributed by atoms with van der Waals surface area (Å²) in [7, 11) is 0. The van der Waals surface area contributed by atoms with E-state index < -0.39 is 4.57 Å². The first kappa shape index (κ1) is 15.0. The number of nitrogens with zero attached hydrogens (tertiary/aromatic N) is 1. The number of anilines is 1. The van der Waals surface area contributed by atoms with Crippen LogP contribution in [0.25, 0.3) is 0 Å². The summed E-state index contributed by atoms with van der Waals surface area (Å²) in [6, 6.07) is 7.58. The van der Waals surface area contributed by atoms with Gasteiger partial charge in [0.05, 0.1) is 0 Å². The third kappa shape index (κ3) is 5.38. The molecule has 17 heavy (non-hydrogen) atoms. The van der Waals surface area contributed by atoms with Crippen molar-refractivity contribution in [1.29, 1.82) is 0 Å². The Hall–Kier alpha value is -0.0900. The lowest BCUT2D eigenvalue weighted by atomic mass is 10.3. The molecule has 6 heteroatoms. The van der Waals surface area contributed by atoms with Gasteiger partial charge in [0.25, 0.3) is 4.57 Å². The SMILES string of the molecule is O=C(Cl)Sc1ccc(N(CCCl)CCCl)cc1. The van der Waals surface area contributed by atoms with Crippen LogP contribution < -0.4 is 4.90 Å². The molecule has 0 unspecified atom stereocenters. The van der Waals surface area contributed by atoms with Gasteiger partial charge in [-0.15, -0.1) is 23.2 Å². The van der Waals surface area contributed by atoms with E-state index in [2.05, 4.69) is 4.90 Å². The highest BCUT2D eigenvalue weighted by atomic mass is 35.5. The summed E-state index contributed by atoms with van der Waals surface area (Å²) in [4.78, 5) is 13.6. The maximum Gasteiger partial charge on any atom is 0.284 e. The van der Waals surface area contributed by atoms with Crippen molar-refractivity contribution in [3.05, 3.63) is 24.3 Å². The van der Waals surface area contributed by atoms with Crippen molar-refractivity contribution in [2.75, 3.05) is 29.7 Å². The molecule has 0 fully saturated rings. The van der Waals surface area contributed by atoms with Crippen LogP contribution in [0.2, 0.25) is 0 Å². The van der Waals surface area contributed by atoms with Gasteiger partial charge in [-0.2, -0.15) is 0 Å². The first-order chi connectivity index (χ1) is 8.17. The monoisotopic (exact) mass is 311 g/mol. The van der Waals surface area contributed by atoms with Crippen LogP contribution in [0, 0.1) is 0 Å². The predicted octanol–water partition coefficient (Wildman–Crippen LogP) is 4.42. The van der Waals surface area contributed by atoms with Gasteiger partial charge >= 0.3 is 0 Å². The van der Waals surface area contributed by atoms with E-state index in [4.69, 9.17) is 34.8 Å². The third-order valence-electron chi connectivity index (χ3n) is 2.11. The fourth-order valence-electron chi connectivity index (χ4n) is 1.39. The summed E-state index contributed by atoms with van der Waals surface area (Å²) < 4.78 is -0.434. The van der Waals surface area contributed by atoms with Gasteiger partial charge in [-0.05, 0) is 47.6 Å². The number of halogens is 3. The van der Waals surface area contributed by atoms with Crippen molar-refractivity contribution in [1.82, 2.24) is 0 Å². The highest BCUT2D eigenvalue weighted by Crippen LogP contribution is 2.24. The Morgan fingerprint density at radius 2 is 1.65 bits per heavy atom. The number of alkyl halides is 2. The van der Waals surface area contributed by atoms with Crippen LogP contribution in [-0.4, -0.2) is 29.4 Å². The molecule has 94 valence electrons. The highest BCUT2D eigenvalue weighted by molar-refractivity contribution is 8.16. The van der Waals surface area contributed by atoms with Crippen LogP contribution in [0.5, 0.6) is 0 Å². The van der Waals surface area contributed by atoms with Crippen molar-refractivity contribution in [2.24, 2.45) is 0 Å². The van der Waals surface area contributed by atoms with Gasteiger partial charge in [0.2, 0.25) is 0 Å². The van der Waals surface area contributed by atoms with Crippen molar-refractivity contribution in [2.45, 2.75) is 4.90 Å². The van der Waals surface area contributed by atoms with E-state index in [1.165, 1.54) is 0 Å². The smallest absolute Gasteiger partial charge is 0.284 e. The molecule has 0 aliphatic heterocycles. The van der Waals surface area contributed by atoms with Gasteiger partial charge in [0.1, 0.15) is 0 Å². The van der Waals surface area contributed by atoms with Crippen LogP contribution in [0.15, 0.2) is 29.2 Å². The Morgan fingerprint density at radius 3 is 2.06 bits per heavy atom. The quantitative estimate of drug-likeness (QED) is 0.440. The molecule has 0 bridgehead atoms. The minimum Gasteiger partial charge on any atom is -0.369 e. The molecule has 0 N–H and O–H groups in total. The Morgan fingerprint density at radius 1 is 1.12 bits per heavy atom. The maximum absolute atomic E-state index is 10.7. The minimum atomic E-state index is -0.434. The Labute approximate surface area is 120 Å². The third-order valence-corrected chi connectivity index (χ3v) is 3.35. The second-order valence-corrected chi connectivity index (χ2v) is 5.57. The molecule has 0 aliphatic carbocycles. The predicted molar refractivity (Wildman–Crippen MR) is 77.2 cm³/mol. The Balaban J connectivity index is 2.72. The number of hydrogen-bond donors (Lipinski definition) is 0. The van der Waals surface area contributed by atoms with Crippen LogP contribution in [0.1, 0.15) is 0 Å². The normalized spacial score (nSPS) is 10.3. The summed E-state index contributed by atoms with van der Waals surface area (Å²) in [6.07, 6.45) is 0. The number of rotatable bonds is 6. The van der Waals surface area contributed by atoms with E-state index >= 15 is 0 Å². The molecule has 1 aromatic rings. The zero-order chi connectivity index (χ0) is 12.7. The van der Waals surface area contributed by atoms with Crippen LogP contribution in [-0.2, 0) is 0 Å². The zero-order valence-corrected chi connectivity index (χ0v) is 12.1. The van der Waals surface area contributed by atoms with E-state index in [-0.39, 0.29) is 0 Å². The average molecular weight is 313 g/mol. The van der Waals surface area contributed by atoms with Gasteiger partial charge in [0.15, 0.2) is 0 Å². The van der Waals surface area contributed by atoms with Crippen molar-refractivity contribution in [3.8, 4) is 0 Å². The molecule has 2 nitrogen and oxygen atoms in total. The lowest BCUT2D eigenvalue weighted by molar-refractivity contribution is 0.276. The Kier molecular flexibility index (Phi) is 7.12. The summed E-state index contributed by atoms with van der Waals surface area (Å²) >= 11 is 17.8. The number of hydrogen-bond acceptors (Lipinski definition) is 3. The minimum absolute atomic E-state index is 0.434. The fraction of sp³-hybridized carbons (Fsp3) is 0.364. The molecule has 0 spiro atoms. The summed E-state index contributed by atoms with van der Waals surface area (Å²) in [5, 5.41) is 0. The molecule has 0 aliphatic rings.